The molecule has 0 amide bonds. The van der Waals surface area contributed by atoms with Gasteiger partial charge >= 0.3 is 0 Å². The number of anilines is 1. The number of aliphatic hydroxyl groups is 1. The van der Waals surface area contributed by atoms with E-state index in [-0.39, 0.29) is 6.61 Å². The summed E-state index contributed by atoms with van der Waals surface area (Å²) >= 11 is 0. The summed E-state index contributed by atoms with van der Waals surface area (Å²) in [4.78, 5) is 0. The summed E-state index contributed by atoms with van der Waals surface area (Å²) in [5.41, 5.74) is 4.76. The van der Waals surface area contributed by atoms with E-state index in [2.05, 4.69) is 36.5 Å². The van der Waals surface area contributed by atoms with Crippen LogP contribution in [0.1, 0.15) is 48.3 Å². The van der Waals surface area contributed by atoms with Gasteiger partial charge in [0, 0.05) is 12.2 Å². The number of rotatable bonds is 6. The van der Waals surface area contributed by atoms with Gasteiger partial charge in [-0.1, -0.05) is 24.3 Å². The number of benzene rings is 2. The highest BCUT2D eigenvalue weighted by Crippen LogP contribution is 2.37. The molecule has 0 atom stereocenters. The molecule has 2 aromatic rings. The van der Waals surface area contributed by atoms with Crippen LogP contribution >= 0.6 is 0 Å². The monoisotopic (exact) mass is 339 g/mol. The lowest BCUT2D eigenvalue weighted by atomic mass is 9.78. The predicted molar refractivity (Wildman–Crippen MR) is 103 cm³/mol. The predicted octanol–water partition coefficient (Wildman–Crippen LogP) is 4.88. The smallest absolute Gasteiger partial charge is 0.121 e. The molecule has 3 rings (SSSR count). The molecule has 0 spiro atoms. The first-order valence-corrected chi connectivity index (χ1v) is 9.28. The number of aryl methyl sites for hydroxylation is 1. The lowest BCUT2D eigenvalue weighted by Gasteiger charge is -2.29. The quantitative estimate of drug-likeness (QED) is 0.788. The number of aliphatic hydroxyl groups excluding tert-OH is 1. The Morgan fingerprint density at radius 3 is 2.56 bits per heavy atom. The van der Waals surface area contributed by atoms with E-state index in [9.17, 15) is 5.11 Å². The van der Waals surface area contributed by atoms with Crippen molar-refractivity contribution in [1.82, 2.24) is 0 Å². The molecule has 3 nitrogen and oxygen atoms in total. The maximum atomic E-state index is 9.23. The van der Waals surface area contributed by atoms with Gasteiger partial charge in [-0.25, -0.2) is 0 Å². The van der Waals surface area contributed by atoms with Gasteiger partial charge in [-0.15, -0.1) is 0 Å². The molecule has 1 aliphatic carbocycles. The summed E-state index contributed by atoms with van der Waals surface area (Å²) in [7, 11) is 1.73. The molecule has 3 heteroatoms. The van der Waals surface area contributed by atoms with Gasteiger partial charge in [-0.3, -0.25) is 0 Å². The maximum absolute atomic E-state index is 9.23. The van der Waals surface area contributed by atoms with Crippen molar-refractivity contribution in [2.75, 3.05) is 19.0 Å². The van der Waals surface area contributed by atoms with Gasteiger partial charge < -0.3 is 15.2 Å². The van der Waals surface area contributed by atoms with Crippen LogP contribution in [-0.4, -0.2) is 18.8 Å². The number of hydrogen-bond acceptors (Lipinski definition) is 3. The zero-order valence-electron chi connectivity index (χ0n) is 15.3. The molecule has 1 fully saturated rings. The molecule has 0 aromatic heterocycles. The third-order valence-corrected chi connectivity index (χ3v) is 5.44. The molecule has 2 N–H and O–H groups in total. The Morgan fingerprint density at radius 2 is 1.88 bits per heavy atom. The van der Waals surface area contributed by atoms with Gasteiger partial charge in [0.25, 0.3) is 0 Å². The third-order valence-electron chi connectivity index (χ3n) is 5.44. The van der Waals surface area contributed by atoms with E-state index in [1.165, 1.54) is 36.8 Å². The molecule has 25 heavy (non-hydrogen) atoms. The molecule has 2 aromatic carbocycles. The third kappa shape index (κ3) is 4.55. The van der Waals surface area contributed by atoms with Crippen LogP contribution in [0, 0.1) is 12.8 Å². The minimum Gasteiger partial charge on any atom is -0.496 e. The van der Waals surface area contributed by atoms with Gasteiger partial charge in [-0.05, 0) is 79.3 Å². The van der Waals surface area contributed by atoms with E-state index in [1.54, 1.807) is 7.11 Å². The first-order valence-electron chi connectivity index (χ1n) is 9.28. The fraction of sp³-hybridized carbons (Fsp3) is 0.455. The highest BCUT2D eigenvalue weighted by atomic mass is 16.5. The molecule has 0 bridgehead atoms. The summed E-state index contributed by atoms with van der Waals surface area (Å²) < 4.78 is 5.37. The normalized spacial score (nSPS) is 20.3. The summed E-state index contributed by atoms with van der Waals surface area (Å²) in [5, 5.41) is 12.8. The summed E-state index contributed by atoms with van der Waals surface area (Å²) in [6.07, 6.45) is 5.05. The highest BCUT2D eigenvalue weighted by Gasteiger charge is 2.22. The van der Waals surface area contributed by atoms with Crippen LogP contribution in [0.3, 0.4) is 0 Å². The molecule has 0 radical (unpaired) electrons. The lowest BCUT2D eigenvalue weighted by Crippen LogP contribution is -2.20. The number of ether oxygens (including phenoxy) is 1. The molecule has 0 heterocycles. The molecule has 1 saturated carbocycles. The second-order valence-electron chi connectivity index (χ2n) is 7.19. The van der Waals surface area contributed by atoms with Crippen molar-refractivity contribution in [3.63, 3.8) is 0 Å². The minimum absolute atomic E-state index is 0.0991. The molecule has 0 unspecified atom stereocenters. The van der Waals surface area contributed by atoms with Crippen LogP contribution in [-0.2, 0) is 6.61 Å². The second-order valence-corrected chi connectivity index (χ2v) is 7.19. The van der Waals surface area contributed by atoms with E-state index in [4.69, 9.17) is 4.74 Å². The average Bonchev–Trinajstić information content (AvgIpc) is 2.67. The highest BCUT2D eigenvalue weighted by molar-refractivity contribution is 5.45. The van der Waals surface area contributed by atoms with Gasteiger partial charge in [0.2, 0.25) is 0 Å². The Bertz CT molecular complexity index is 690. The van der Waals surface area contributed by atoms with Crippen molar-refractivity contribution in [3.8, 4) is 5.75 Å². The molecule has 0 saturated heterocycles. The molecule has 1 aliphatic rings. The molecule has 0 aliphatic heterocycles. The van der Waals surface area contributed by atoms with Crippen LogP contribution in [0.4, 0.5) is 5.69 Å². The lowest BCUT2D eigenvalue weighted by molar-refractivity contribution is 0.282. The van der Waals surface area contributed by atoms with Crippen LogP contribution in [0.25, 0.3) is 0 Å². The zero-order chi connectivity index (χ0) is 17.6. The Morgan fingerprint density at radius 1 is 1.08 bits per heavy atom. The first-order chi connectivity index (χ1) is 12.2. The van der Waals surface area contributed by atoms with E-state index in [0.29, 0.717) is 5.92 Å². The molecular formula is C22H29NO2. The summed E-state index contributed by atoms with van der Waals surface area (Å²) in [6.45, 7) is 3.24. The first kappa shape index (κ1) is 17.8. The van der Waals surface area contributed by atoms with E-state index >= 15 is 0 Å². The topological polar surface area (TPSA) is 41.5 Å². The van der Waals surface area contributed by atoms with Crippen molar-refractivity contribution in [3.05, 3.63) is 59.2 Å². The molecule has 134 valence electrons. The van der Waals surface area contributed by atoms with E-state index < -0.39 is 0 Å². The van der Waals surface area contributed by atoms with Gasteiger partial charge in [0.05, 0.1) is 13.7 Å². The van der Waals surface area contributed by atoms with Crippen LogP contribution < -0.4 is 10.1 Å². The largest absolute Gasteiger partial charge is 0.496 e. The van der Waals surface area contributed by atoms with Gasteiger partial charge in [-0.2, -0.15) is 0 Å². The van der Waals surface area contributed by atoms with Crippen LogP contribution in [0.2, 0.25) is 0 Å². The van der Waals surface area contributed by atoms with Crippen molar-refractivity contribution in [1.29, 1.82) is 0 Å². The zero-order valence-corrected chi connectivity index (χ0v) is 15.3. The van der Waals surface area contributed by atoms with Gasteiger partial charge in [0.15, 0.2) is 0 Å². The Labute approximate surface area is 151 Å². The number of hydrogen-bond donors (Lipinski definition) is 2. The summed E-state index contributed by atoms with van der Waals surface area (Å²) in [6, 6.07) is 14.7. The van der Waals surface area contributed by atoms with E-state index in [1.807, 2.05) is 18.2 Å². The van der Waals surface area contributed by atoms with E-state index in [0.717, 1.165) is 29.5 Å². The van der Waals surface area contributed by atoms with Crippen LogP contribution in [0.5, 0.6) is 5.75 Å². The van der Waals surface area contributed by atoms with Gasteiger partial charge in [0.1, 0.15) is 5.75 Å². The van der Waals surface area contributed by atoms with Crippen molar-refractivity contribution in [2.45, 2.75) is 45.1 Å². The van der Waals surface area contributed by atoms with Crippen molar-refractivity contribution < 1.29 is 9.84 Å². The number of methoxy groups -OCH3 is 1. The maximum Gasteiger partial charge on any atom is 0.121 e. The SMILES string of the molecule is COc1ccc([C@H]2CC[C@H](CNc3cccc(CO)c3)CC2)cc1C. The fourth-order valence-electron chi connectivity index (χ4n) is 3.90. The fourth-order valence-corrected chi connectivity index (χ4v) is 3.90. The van der Waals surface area contributed by atoms with Crippen molar-refractivity contribution in [2.24, 2.45) is 5.92 Å². The van der Waals surface area contributed by atoms with Crippen molar-refractivity contribution >= 4 is 5.69 Å². The Kier molecular flexibility index (Phi) is 5.98. The standard InChI is InChI=1S/C22H29NO2/c1-16-12-20(10-11-22(16)25-2)19-8-6-17(7-9-19)14-23-21-5-3-4-18(13-21)15-24/h3-5,10-13,17,19,23-24H,6-9,14-15H2,1-2H3/t17-,19-. The molecular weight excluding hydrogens is 310 g/mol. The summed E-state index contributed by atoms with van der Waals surface area (Å²) in [5.74, 6) is 2.39. The van der Waals surface area contributed by atoms with Crippen LogP contribution in [0.15, 0.2) is 42.5 Å². The average molecular weight is 339 g/mol. The Hall–Kier alpha value is -2.00. The minimum atomic E-state index is 0.0991. The number of nitrogens with one attached hydrogen (secondary N) is 1. The Balaban J connectivity index is 1.50. The second kappa shape index (κ2) is 8.39.